The van der Waals surface area contributed by atoms with Gasteiger partial charge in [0.2, 0.25) is 0 Å². The fourth-order valence-electron chi connectivity index (χ4n) is 2.77. The minimum absolute atomic E-state index is 0.0981. The third-order valence-corrected chi connectivity index (χ3v) is 4.13. The molecule has 2 unspecified atom stereocenters. The number of ether oxygens (including phenoxy) is 1. The van der Waals surface area contributed by atoms with Crippen LogP contribution in [0.4, 0.5) is 4.79 Å². The molecule has 1 aromatic rings. The number of amides is 3. The molecule has 0 aromatic heterocycles. The highest BCUT2D eigenvalue weighted by molar-refractivity contribution is 6.02. The molecule has 126 valence electrons. The lowest BCUT2D eigenvalue weighted by atomic mass is 10.1. The van der Waals surface area contributed by atoms with Crippen LogP contribution in [0.15, 0.2) is 35.3 Å². The van der Waals surface area contributed by atoms with Crippen molar-refractivity contribution in [2.45, 2.75) is 18.8 Å². The molecule has 1 saturated heterocycles. The third-order valence-electron chi connectivity index (χ3n) is 4.13. The van der Waals surface area contributed by atoms with E-state index in [4.69, 9.17) is 4.74 Å². The van der Waals surface area contributed by atoms with Crippen LogP contribution in [-0.2, 0) is 20.9 Å². The monoisotopic (exact) mass is 330 g/mol. The predicted octanol–water partition coefficient (Wildman–Crippen LogP) is 0.292. The topological polar surface area (TPSA) is 82.5 Å². The molecule has 1 fully saturated rings. The van der Waals surface area contributed by atoms with Crippen LogP contribution in [0.2, 0.25) is 0 Å². The molecule has 0 radical (unpaired) electrons. The van der Waals surface area contributed by atoms with Crippen molar-refractivity contribution < 1.29 is 19.1 Å². The summed E-state index contributed by atoms with van der Waals surface area (Å²) in [5.41, 5.74) is 0.887. The van der Waals surface area contributed by atoms with Crippen LogP contribution in [0.25, 0.3) is 0 Å². The molecular formula is C16H18N4O4. The number of hydrogen-bond acceptors (Lipinski definition) is 6. The van der Waals surface area contributed by atoms with Gasteiger partial charge in [0.25, 0.3) is 5.91 Å². The summed E-state index contributed by atoms with van der Waals surface area (Å²) >= 11 is 0. The third kappa shape index (κ3) is 2.82. The van der Waals surface area contributed by atoms with E-state index in [0.29, 0.717) is 0 Å². The number of urea groups is 1. The average molecular weight is 330 g/mol. The fraction of sp³-hybridized carbons (Fsp3) is 0.375. The molecule has 0 N–H and O–H groups in total. The zero-order valence-corrected chi connectivity index (χ0v) is 13.5. The van der Waals surface area contributed by atoms with Crippen molar-refractivity contribution in [3.63, 3.8) is 0 Å². The second kappa shape index (κ2) is 6.31. The zero-order valence-electron chi connectivity index (χ0n) is 13.5. The second-order valence-corrected chi connectivity index (χ2v) is 5.73. The fourth-order valence-corrected chi connectivity index (χ4v) is 2.77. The molecule has 24 heavy (non-hydrogen) atoms. The molecule has 2 aliphatic heterocycles. The van der Waals surface area contributed by atoms with Crippen molar-refractivity contribution in [3.05, 3.63) is 35.9 Å². The lowest BCUT2D eigenvalue weighted by Crippen LogP contribution is -2.64. The quantitative estimate of drug-likeness (QED) is 0.741. The summed E-state index contributed by atoms with van der Waals surface area (Å²) < 4.78 is 5.23. The number of likely N-dealkylation sites (N-methyl/N-ethyl adjacent to an activating group) is 2. The molecule has 2 heterocycles. The standard InChI is InChI=1S/C16H18N4O4/c1-18-14-13(15(22)19(2)16(18)23)20(10-17-14)8-12(21)24-9-11-6-4-3-5-7-11/h3-7,10,13-14H,8-9H2,1-2H3. The highest BCUT2D eigenvalue weighted by Crippen LogP contribution is 2.24. The van der Waals surface area contributed by atoms with Crippen LogP contribution in [-0.4, -0.2) is 71.8 Å². The van der Waals surface area contributed by atoms with Crippen LogP contribution in [0.5, 0.6) is 0 Å². The van der Waals surface area contributed by atoms with Crippen molar-refractivity contribution in [2.75, 3.05) is 20.6 Å². The van der Waals surface area contributed by atoms with Crippen LogP contribution in [0.3, 0.4) is 0 Å². The van der Waals surface area contributed by atoms with Gasteiger partial charge in [0, 0.05) is 14.1 Å². The van der Waals surface area contributed by atoms with E-state index in [0.717, 1.165) is 10.5 Å². The Labute approximate surface area is 139 Å². The number of nitrogens with zero attached hydrogens (tertiary/aromatic N) is 4. The minimum atomic E-state index is -0.693. The Hall–Kier alpha value is -2.90. The Morgan fingerprint density at radius 2 is 1.92 bits per heavy atom. The van der Waals surface area contributed by atoms with Crippen LogP contribution in [0.1, 0.15) is 5.56 Å². The van der Waals surface area contributed by atoms with Crippen LogP contribution in [0, 0.1) is 0 Å². The molecule has 3 amide bonds. The van der Waals surface area contributed by atoms with E-state index in [1.807, 2.05) is 30.3 Å². The van der Waals surface area contributed by atoms with Gasteiger partial charge >= 0.3 is 12.0 Å². The maximum Gasteiger partial charge on any atom is 0.328 e. The molecule has 0 bridgehead atoms. The van der Waals surface area contributed by atoms with Gasteiger partial charge in [-0.2, -0.15) is 0 Å². The van der Waals surface area contributed by atoms with Crippen molar-refractivity contribution in [2.24, 2.45) is 4.99 Å². The zero-order chi connectivity index (χ0) is 17.3. The number of esters is 1. The minimum Gasteiger partial charge on any atom is -0.459 e. The van der Waals surface area contributed by atoms with Crippen molar-refractivity contribution in [3.8, 4) is 0 Å². The molecule has 0 spiro atoms. The first-order chi connectivity index (χ1) is 11.5. The van der Waals surface area contributed by atoms with Gasteiger partial charge < -0.3 is 14.5 Å². The van der Waals surface area contributed by atoms with Crippen LogP contribution < -0.4 is 0 Å². The van der Waals surface area contributed by atoms with Gasteiger partial charge in [0.15, 0.2) is 12.2 Å². The van der Waals surface area contributed by atoms with E-state index in [9.17, 15) is 14.4 Å². The average Bonchev–Trinajstić information content (AvgIpc) is 3.01. The van der Waals surface area contributed by atoms with Gasteiger partial charge in [0.1, 0.15) is 13.2 Å². The number of carbonyl (C=O) groups excluding carboxylic acids is 3. The summed E-state index contributed by atoms with van der Waals surface area (Å²) in [5.74, 6) is -0.836. The molecule has 2 atom stereocenters. The van der Waals surface area contributed by atoms with Crippen molar-refractivity contribution in [1.82, 2.24) is 14.7 Å². The summed E-state index contributed by atoms with van der Waals surface area (Å²) in [5, 5.41) is 0. The van der Waals surface area contributed by atoms with E-state index in [-0.39, 0.29) is 19.1 Å². The summed E-state index contributed by atoms with van der Waals surface area (Å²) in [6, 6.07) is 8.24. The number of carbonyl (C=O) groups is 3. The molecule has 0 aliphatic carbocycles. The summed E-state index contributed by atoms with van der Waals surface area (Å²) in [6.45, 7) is 0.0735. The first-order valence-corrected chi connectivity index (χ1v) is 7.52. The van der Waals surface area contributed by atoms with Crippen LogP contribution >= 0.6 is 0 Å². The SMILES string of the molecule is CN1C(=O)C2C(N=CN2CC(=O)OCc2ccccc2)N(C)C1=O. The molecular weight excluding hydrogens is 312 g/mol. The van der Waals surface area contributed by atoms with Crippen molar-refractivity contribution in [1.29, 1.82) is 0 Å². The number of rotatable bonds is 4. The smallest absolute Gasteiger partial charge is 0.328 e. The summed E-state index contributed by atoms with van der Waals surface area (Å²) in [7, 11) is 3.00. The molecule has 0 saturated carbocycles. The first-order valence-electron chi connectivity index (χ1n) is 7.52. The van der Waals surface area contributed by atoms with Gasteiger partial charge in [-0.25, -0.2) is 9.79 Å². The Morgan fingerprint density at radius 1 is 1.21 bits per heavy atom. The number of benzene rings is 1. The molecule has 8 nitrogen and oxygen atoms in total. The van der Waals surface area contributed by atoms with E-state index >= 15 is 0 Å². The van der Waals surface area contributed by atoms with Gasteiger partial charge in [-0.05, 0) is 5.56 Å². The second-order valence-electron chi connectivity index (χ2n) is 5.73. The lowest BCUT2D eigenvalue weighted by molar-refractivity contribution is -0.147. The molecule has 2 aliphatic rings. The van der Waals surface area contributed by atoms with Gasteiger partial charge in [-0.1, -0.05) is 30.3 Å². The molecule has 1 aromatic carbocycles. The number of aliphatic imine (C=N–C) groups is 1. The van der Waals surface area contributed by atoms with Gasteiger partial charge in [-0.3, -0.25) is 14.5 Å². The van der Waals surface area contributed by atoms with E-state index in [1.54, 1.807) is 7.05 Å². The highest BCUT2D eigenvalue weighted by atomic mass is 16.5. The normalized spacial score (nSPS) is 22.8. The molecule has 8 heteroatoms. The van der Waals surface area contributed by atoms with E-state index in [2.05, 4.69) is 4.99 Å². The van der Waals surface area contributed by atoms with E-state index in [1.165, 1.54) is 23.2 Å². The maximum atomic E-state index is 12.3. The molecule has 3 rings (SSSR count). The number of fused-ring (bicyclic) bond motifs is 1. The predicted molar refractivity (Wildman–Crippen MR) is 84.9 cm³/mol. The maximum absolute atomic E-state index is 12.3. The van der Waals surface area contributed by atoms with Gasteiger partial charge in [-0.15, -0.1) is 0 Å². The van der Waals surface area contributed by atoms with Crippen molar-refractivity contribution >= 4 is 24.2 Å². The Bertz CT molecular complexity index is 691. The summed E-state index contributed by atoms with van der Waals surface area (Å²) in [4.78, 5) is 44.4. The Morgan fingerprint density at radius 3 is 2.62 bits per heavy atom. The highest BCUT2D eigenvalue weighted by Gasteiger charge is 2.48. The number of hydrogen-bond donors (Lipinski definition) is 0. The van der Waals surface area contributed by atoms with Gasteiger partial charge in [0.05, 0.1) is 6.34 Å². The Balaban J connectivity index is 1.61. The summed E-state index contributed by atoms with van der Waals surface area (Å²) in [6.07, 6.45) is 0.822. The first kappa shape index (κ1) is 16.0. The Kier molecular flexibility index (Phi) is 4.20. The lowest BCUT2D eigenvalue weighted by Gasteiger charge is -2.39. The number of imide groups is 1. The largest absolute Gasteiger partial charge is 0.459 e. The van der Waals surface area contributed by atoms with E-state index < -0.39 is 24.2 Å².